The van der Waals surface area contributed by atoms with Crippen LogP contribution in [0.15, 0.2) is 18.3 Å². The highest BCUT2D eigenvalue weighted by Gasteiger charge is 2.28. The predicted octanol–water partition coefficient (Wildman–Crippen LogP) is 2.12. The van der Waals surface area contributed by atoms with Crippen molar-refractivity contribution >= 4 is 22.6 Å². The highest BCUT2D eigenvalue weighted by molar-refractivity contribution is 5.99. The predicted molar refractivity (Wildman–Crippen MR) is 103 cm³/mol. The van der Waals surface area contributed by atoms with Crippen molar-refractivity contribution < 1.29 is 14.5 Å². The number of carbonyl (C=O) groups is 1. The third-order valence-corrected chi connectivity index (χ3v) is 5.94. The van der Waals surface area contributed by atoms with Crippen LogP contribution in [-0.2, 0) is 4.74 Å². The number of methoxy groups -OCH3 is 1. The Labute approximate surface area is 162 Å². The van der Waals surface area contributed by atoms with E-state index in [0.29, 0.717) is 16.9 Å². The zero-order valence-corrected chi connectivity index (χ0v) is 16.0. The minimum atomic E-state index is -0.724. The molecule has 0 unspecified atom stereocenters. The number of fused-ring (bicyclic) bond motifs is 1. The minimum Gasteiger partial charge on any atom is -0.465 e. The molecular formula is C19H25N5O4. The first-order valence-corrected chi connectivity index (χ1v) is 9.77. The van der Waals surface area contributed by atoms with E-state index in [1.807, 2.05) is 10.9 Å². The maximum atomic E-state index is 11.9. The molecule has 0 spiro atoms. The van der Waals surface area contributed by atoms with Crippen LogP contribution in [0, 0.1) is 10.1 Å². The Bertz CT molecular complexity index is 882. The lowest BCUT2D eigenvalue weighted by Crippen LogP contribution is -2.46. The molecule has 2 aliphatic rings. The van der Waals surface area contributed by atoms with E-state index < -0.39 is 10.9 Å². The van der Waals surface area contributed by atoms with E-state index in [1.165, 1.54) is 32.1 Å². The molecule has 0 radical (unpaired) electrons. The highest BCUT2D eigenvalue weighted by Crippen LogP contribution is 2.30. The Morgan fingerprint density at radius 3 is 2.57 bits per heavy atom. The number of nitro benzene ring substituents is 1. The third kappa shape index (κ3) is 3.59. The van der Waals surface area contributed by atoms with Gasteiger partial charge in [-0.15, -0.1) is 0 Å². The highest BCUT2D eigenvalue weighted by atomic mass is 16.6. The summed E-state index contributed by atoms with van der Waals surface area (Å²) in [6.07, 6.45) is 6.27. The van der Waals surface area contributed by atoms with Gasteiger partial charge in [0, 0.05) is 36.8 Å². The van der Waals surface area contributed by atoms with Gasteiger partial charge in [0.25, 0.3) is 5.69 Å². The molecule has 9 heteroatoms. The number of rotatable bonds is 4. The molecule has 2 aromatic rings. The Morgan fingerprint density at radius 1 is 1.21 bits per heavy atom. The van der Waals surface area contributed by atoms with Crippen molar-refractivity contribution in [2.45, 2.75) is 37.8 Å². The topological polar surface area (TPSA) is 103 Å². The lowest BCUT2D eigenvalue weighted by Gasteiger charge is -2.39. The van der Waals surface area contributed by atoms with Crippen molar-refractivity contribution in [1.82, 2.24) is 20.0 Å². The van der Waals surface area contributed by atoms with Crippen LogP contribution < -0.4 is 5.32 Å². The fourth-order valence-electron chi connectivity index (χ4n) is 4.38. The molecule has 28 heavy (non-hydrogen) atoms. The molecule has 0 saturated carbocycles. The molecule has 2 saturated heterocycles. The Balaban J connectivity index is 1.53. The fraction of sp³-hybridized carbons (Fsp3) is 0.579. The van der Waals surface area contributed by atoms with Crippen LogP contribution in [0.2, 0.25) is 0 Å². The number of likely N-dealkylation sites (tertiary alicyclic amines) is 1. The summed E-state index contributed by atoms with van der Waals surface area (Å²) in [5.74, 6) is -0.724. The quantitative estimate of drug-likeness (QED) is 0.487. The molecule has 4 rings (SSSR count). The number of esters is 1. The summed E-state index contributed by atoms with van der Waals surface area (Å²) in [5.41, 5.74) is 0.261. The number of ether oxygens (including phenoxy) is 1. The molecule has 0 aliphatic carbocycles. The molecule has 9 nitrogen and oxygen atoms in total. The average molecular weight is 387 g/mol. The summed E-state index contributed by atoms with van der Waals surface area (Å²) in [6, 6.07) is 3.81. The van der Waals surface area contributed by atoms with Crippen molar-refractivity contribution in [2.24, 2.45) is 0 Å². The van der Waals surface area contributed by atoms with Crippen molar-refractivity contribution in [3.05, 3.63) is 34.0 Å². The molecular weight excluding hydrogens is 362 g/mol. The van der Waals surface area contributed by atoms with E-state index in [-0.39, 0.29) is 17.3 Å². The Kier molecular flexibility index (Phi) is 5.27. The summed E-state index contributed by atoms with van der Waals surface area (Å²) < 4.78 is 6.59. The summed E-state index contributed by atoms with van der Waals surface area (Å²) in [4.78, 5) is 25.3. The first-order chi connectivity index (χ1) is 13.6. The summed E-state index contributed by atoms with van der Waals surface area (Å²) in [5, 5.41) is 20.0. The van der Waals surface area contributed by atoms with Gasteiger partial charge in [-0.25, -0.2) is 4.79 Å². The lowest BCUT2D eigenvalue weighted by molar-refractivity contribution is -0.385. The molecule has 0 amide bonds. The van der Waals surface area contributed by atoms with E-state index in [1.54, 1.807) is 0 Å². The maximum Gasteiger partial charge on any atom is 0.344 e. The number of piperidine rings is 2. The third-order valence-electron chi connectivity index (χ3n) is 5.94. The zero-order valence-electron chi connectivity index (χ0n) is 16.0. The number of nitro groups is 1. The SMILES string of the molecule is COC(=O)c1cc2nn(C3CCN(C4CCNCC4)CC3)cc2cc1[N+](=O)[O-]. The van der Waals surface area contributed by atoms with Crippen LogP contribution in [0.4, 0.5) is 5.69 Å². The average Bonchev–Trinajstić information content (AvgIpc) is 3.16. The number of nitrogens with one attached hydrogen (secondary N) is 1. The van der Waals surface area contributed by atoms with Gasteiger partial charge in [0.15, 0.2) is 0 Å². The van der Waals surface area contributed by atoms with Crippen molar-refractivity contribution in [3.63, 3.8) is 0 Å². The summed E-state index contributed by atoms with van der Waals surface area (Å²) in [6.45, 7) is 4.27. The van der Waals surface area contributed by atoms with Gasteiger partial charge in [0.2, 0.25) is 0 Å². The fourth-order valence-corrected chi connectivity index (χ4v) is 4.38. The number of benzene rings is 1. The van der Waals surface area contributed by atoms with Crippen LogP contribution in [-0.4, -0.2) is 64.9 Å². The molecule has 2 aliphatic heterocycles. The lowest BCUT2D eigenvalue weighted by atomic mass is 9.99. The zero-order chi connectivity index (χ0) is 19.7. The van der Waals surface area contributed by atoms with Crippen LogP contribution >= 0.6 is 0 Å². The van der Waals surface area contributed by atoms with Crippen LogP contribution in [0.1, 0.15) is 42.1 Å². The van der Waals surface area contributed by atoms with Gasteiger partial charge in [-0.1, -0.05) is 0 Å². The molecule has 3 heterocycles. The molecule has 150 valence electrons. The second-order valence-corrected chi connectivity index (χ2v) is 7.53. The molecule has 1 aromatic heterocycles. The van der Waals surface area contributed by atoms with Gasteiger partial charge in [-0.3, -0.25) is 14.8 Å². The van der Waals surface area contributed by atoms with Crippen molar-refractivity contribution in [2.75, 3.05) is 33.3 Å². The van der Waals surface area contributed by atoms with E-state index in [9.17, 15) is 14.9 Å². The van der Waals surface area contributed by atoms with Crippen LogP contribution in [0.3, 0.4) is 0 Å². The first-order valence-electron chi connectivity index (χ1n) is 9.77. The number of hydrogen-bond donors (Lipinski definition) is 1. The molecule has 0 bridgehead atoms. The van der Waals surface area contributed by atoms with Gasteiger partial charge >= 0.3 is 5.97 Å². The van der Waals surface area contributed by atoms with Gasteiger partial charge in [0.05, 0.1) is 23.6 Å². The second kappa shape index (κ2) is 7.84. The van der Waals surface area contributed by atoms with Gasteiger partial charge in [-0.05, 0) is 44.8 Å². The number of aromatic nitrogens is 2. The van der Waals surface area contributed by atoms with E-state index >= 15 is 0 Å². The van der Waals surface area contributed by atoms with E-state index in [4.69, 9.17) is 0 Å². The molecule has 1 aromatic carbocycles. The number of nitrogens with zero attached hydrogens (tertiary/aromatic N) is 4. The monoisotopic (exact) mass is 387 g/mol. The molecule has 0 atom stereocenters. The number of carbonyl (C=O) groups excluding carboxylic acids is 1. The van der Waals surface area contributed by atoms with E-state index in [2.05, 4.69) is 20.1 Å². The summed E-state index contributed by atoms with van der Waals surface area (Å²) >= 11 is 0. The maximum absolute atomic E-state index is 11.9. The number of hydrogen-bond acceptors (Lipinski definition) is 7. The first kappa shape index (κ1) is 18.8. The normalized spacial score (nSPS) is 19.8. The van der Waals surface area contributed by atoms with Crippen molar-refractivity contribution in [1.29, 1.82) is 0 Å². The molecule has 2 fully saturated rings. The minimum absolute atomic E-state index is 0.0639. The second-order valence-electron chi connectivity index (χ2n) is 7.53. The van der Waals surface area contributed by atoms with Gasteiger partial charge in [-0.2, -0.15) is 5.10 Å². The summed E-state index contributed by atoms with van der Waals surface area (Å²) in [7, 11) is 1.21. The largest absolute Gasteiger partial charge is 0.465 e. The van der Waals surface area contributed by atoms with Crippen molar-refractivity contribution in [3.8, 4) is 0 Å². The van der Waals surface area contributed by atoms with E-state index in [0.717, 1.165) is 39.0 Å². The smallest absolute Gasteiger partial charge is 0.344 e. The van der Waals surface area contributed by atoms with Crippen LogP contribution in [0.5, 0.6) is 0 Å². The standard InChI is InChI=1S/C19H25N5O4/c1-28-19(25)16-11-17-13(10-18(16)24(26)27)12-23(21-17)15-4-8-22(9-5-15)14-2-6-20-7-3-14/h10-12,14-15,20H,2-9H2,1H3. The Morgan fingerprint density at radius 2 is 1.93 bits per heavy atom. The van der Waals surface area contributed by atoms with Gasteiger partial charge < -0.3 is 15.0 Å². The van der Waals surface area contributed by atoms with Gasteiger partial charge in [0.1, 0.15) is 5.56 Å². The molecule has 1 N–H and O–H groups in total. The Hall–Kier alpha value is -2.52. The van der Waals surface area contributed by atoms with Crippen LogP contribution in [0.25, 0.3) is 10.9 Å².